The van der Waals surface area contributed by atoms with Gasteiger partial charge in [-0.2, -0.15) is 0 Å². The first kappa shape index (κ1) is 17.3. The molecule has 0 radical (unpaired) electrons. The summed E-state index contributed by atoms with van der Waals surface area (Å²) in [5.74, 6) is 0.863. The molecule has 1 fully saturated rings. The lowest BCUT2D eigenvalue weighted by atomic mass is 9.99. The van der Waals surface area contributed by atoms with Crippen LogP contribution < -0.4 is 10.1 Å². The molecule has 0 bridgehead atoms. The average Bonchev–Trinajstić information content (AvgIpc) is 2.58. The lowest BCUT2D eigenvalue weighted by molar-refractivity contribution is -0.134. The van der Waals surface area contributed by atoms with Crippen molar-refractivity contribution in [1.29, 1.82) is 0 Å². The van der Waals surface area contributed by atoms with Gasteiger partial charge in [0, 0.05) is 25.2 Å². The summed E-state index contributed by atoms with van der Waals surface area (Å²) in [6.45, 7) is 3.85. The Morgan fingerprint density at radius 3 is 2.78 bits per heavy atom. The third-order valence-corrected chi connectivity index (χ3v) is 3.99. The van der Waals surface area contributed by atoms with Gasteiger partial charge in [0.2, 0.25) is 0 Å². The summed E-state index contributed by atoms with van der Waals surface area (Å²) in [6, 6.07) is 6.68. The summed E-state index contributed by atoms with van der Waals surface area (Å²) in [4.78, 5) is 25.8. The molecule has 6 nitrogen and oxygen atoms in total. The Labute approximate surface area is 136 Å². The highest BCUT2D eigenvalue weighted by Gasteiger charge is 2.20. The van der Waals surface area contributed by atoms with E-state index in [1.807, 2.05) is 4.90 Å². The molecular formula is C17H24N2O4. The quantitative estimate of drug-likeness (QED) is 0.821. The first-order chi connectivity index (χ1) is 11.1. The number of ether oxygens (including phenoxy) is 1. The van der Waals surface area contributed by atoms with Gasteiger partial charge in [0.15, 0.2) is 6.61 Å². The fraction of sp³-hybridized carbons (Fsp3) is 0.529. The molecule has 2 N–H and O–H groups in total. The van der Waals surface area contributed by atoms with Crippen LogP contribution in [0.4, 0.5) is 0 Å². The van der Waals surface area contributed by atoms with Gasteiger partial charge in [0.05, 0.1) is 6.61 Å². The van der Waals surface area contributed by atoms with Gasteiger partial charge in [-0.3, -0.25) is 9.59 Å². The summed E-state index contributed by atoms with van der Waals surface area (Å²) >= 11 is 0. The molecule has 0 aliphatic carbocycles. The predicted molar refractivity (Wildman–Crippen MR) is 86.3 cm³/mol. The number of benzene rings is 1. The van der Waals surface area contributed by atoms with E-state index in [-0.39, 0.29) is 31.6 Å². The Hall–Kier alpha value is -2.08. The molecule has 6 heteroatoms. The standard InChI is InChI=1S/C17H24N2O4/c1-13-5-8-19(9-6-13)16(21)12-23-15-4-2-3-14(11-15)17(22)18-7-10-20/h2-4,11,13,20H,5-10,12H2,1H3,(H,18,22). The first-order valence-electron chi connectivity index (χ1n) is 8.00. The second-order valence-electron chi connectivity index (χ2n) is 5.86. The normalized spacial score (nSPS) is 15.3. The van der Waals surface area contributed by atoms with E-state index in [4.69, 9.17) is 9.84 Å². The van der Waals surface area contributed by atoms with Crippen molar-refractivity contribution in [3.05, 3.63) is 29.8 Å². The van der Waals surface area contributed by atoms with E-state index in [0.29, 0.717) is 17.2 Å². The average molecular weight is 320 g/mol. The van der Waals surface area contributed by atoms with Crippen molar-refractivity contribution in [2.45, 2.75) is 19.8 Å². The number of carbonyl (C=O) groups is 2. The van der Waals surface area contributed by atoms with E-state index in [2.05, 4.69) is 12.2 Å². The molecule has 2 amide bonds. The van der Waals surface area contributed by atoms with E-state index in [0.717, 1.165) is 25.9 Å². The maximum Gasteiger partial charge on any atom is 0.260 e. The zero-order chi connectivity index (χ0) is 16.7. The highest BCUT2D eigenvalue weighted by Crippen LogP contribution is 2.17. The lowest BCUT2D eigenvalue weighted by Crippen LogP contribution is -2.40. The SMILES string of the molecule is CC1CCN(C(=O)COc2cccc(C(=O)NCCO)c2)CC1. The molecule has 0 saturated carbocycles. The zero-order valence-electron chi connectivity index (χ0n) is 13.5. The number of aliphatic hydroxyl groups excluding tert-OH is 1. The van der Waals surface area contributed by atoms with Crippen LogP contribution in [0.15, 0.2) is 24.3 Å². The van der Waals surface area contributed by atoms with Gasteiger partial charge in [-0.05, 0) is 37.0 Å². The molecule has 1 aliphatic heterocycles. The topological polar surface area (TPSA) is 78.9 Å². The number of rotatable bonds is 6. The second-order valence-corrected chi connectivity index (χ2v) is 5.86. The van der Waals surface area contributed by atoms with Crippen LogP contribution >= 0.6 is 0 Å². The Morgan fingerprint density at radius 1 is 1.35 bits per heavy atom. The number of carbonyl (C=O) groups excluding carboxylic acids is 2. The molecule has 1 aromatic carbocycles. The van der Waals surface area contributed by atoms with E-state index < -0.39 is 0 Å². The monoisotopic (exact) mass is 320 g/mol. The molecule has 1 saturated heterocycles. The largest absolute Gasteiger partial charge is 0.484 e. The molecule has 1 aliphatic rings. The summed E-state index contributed by atoms with van der Waals surface area (Å²) < 4.78 is 5.52. The second kappa shape index (κ2) is 8.53. The molecule has 2 rings (SSSR count). The highest BCUT2D eigenvalue weighted by atomic mass is 16.5. The minimum absolute atomic E-state index is 0.0178. The highest BCUT2D eigenvalue weighted by molar-refractivity contribution is 5.94. The van der Waals surface area contributed by atoms with Crippen molar-refractivity contribution in [2.75, 3.05) is 32.8 Å². The van der Waals surface area contributed by atoms with Gasteiger partial charge in [-0.1, -0.05) is 13.0 Å². The molecule has 1 heterocycles. The maximum atomic E-state index is 12.1. The van der Waals surface area contributed by atoms with Crippen LogP contribution in [0.2, 0.25) is 0 Å². The van der Waals surface area contributed by atoms with Crippen molar-refractivity contribution < 1.29 is 19.4 Å². The van der Waals surface area contributed by atoms with E-state index in [1.165, 1.54) is 0 Å². The van der Waals surface area contributed by atoms with Crippen LogP contribution in [-0.2, 0) is 4.79 Å². The molecule has 1 aromatic rings. The fourth-order valence-corrected chi connectivity index (χ4v) is 2.49. The third kappa shape index (κ3) is 5.25. The van der Waals surface area contributed by atoms with E-state index in [1.54, 1.807) is 24.3 Å². The number of nitrogens with one attached hydrogen (secondary N) is 1. The van der Waals surface area contributed by atoms with Crippen molar-refractivity contribution in [2.24, 2.45) is 5.92 Å². The molecular weight excluding hydrogens is 296 g/mol. The molecule has 0 unspecified atom stereocenters. The molecule has 23 heavy (non-hydrogen) atoms. The Morgan fingerprint density at radius 2 is 2.09 bits per heavy atom. The maximum absolute atomic E-state index is 12.1. The minimum Gasteiger partial charge on any atom is -0.484 e. The van der Waals surface area contributed by atoms with Gasteiger partial charge in [0.1, 0.15) is 5.75 Å². The van der Waals surface area contributed by atoms with Crippen LogP contribution in [0.1, 0.15) is 30.1 Å². The molecule has 0 spiro atoms. The smallest absolute Gasteiger partial charge is 0.260 e. The van der Waals surface area contributed by atoms with Crippen molar-refractivity contribution >= 4 is 11.8 Å². The fourth-order valence-electron chi connectivity index (χ4n) is 2.49. The predicted octanol–water partition coefficient (Wildman–Crippen LogP) is 1.05. The summed E-state index contributed by atoms with van der Waals surface area (Å²) in [5.41, 5.74) is 0.440. The number of aliphatic hydroxyl groups is 1. The molecule has 0 aromatic heterocycles. The van der Waals surface area contributed by atoms with Gasteiger partial charge < -0.3 is 20.1 Å². The Balaban J connectivity index is 1.85. The number of hydrogen-bond donors (Lipinski definition) is 2. The van der Waals surface area contributed by atoms with E-state index in [9.17, 15) is 9.59 Å². The lowest BCUT2D eigenvalue weighted by Gasteiger charge is -2.30. The summed E-state index contributed by atoms with van der Waals surface area (Å²) in [7, 11) is 0. The number of piperidine rings is 1. The van der Waals surface area contributed by atoms with Crippen LogP contribution in [0, 0.1) is 5.92 Å². The van der Waals surface area contributed by atoms with Crippen LogP contribution in [0.25, 0.3) is 0 Å². The van der Waals surface area contributed by atoms with Crippen molar-refractivity contribution in [3.8, 4) is 5.75 Å². The molecule has 126 valence electrons. The summed E-state index contributed by atoms with van der Waals surface area (Å²) in [6.07, 6.45) is 2.07. The van der Waals surface area contributed by atoms with Crippen LogP contribution in [-0.4, -0.2) is 54.7 Å². The molecule has 0 atom stereocenters. The van der Waals surface area contributed by atoms with Crippen molar-refractivity contribution in [3.63, 3.8) is 0 Å². The summed E-state index contributed by atoms with van der Waals surface area (Å²) in [5, 5.41) is 11.3. The Kier molecular flexibility index (Phi) is 6.40. The van der Waals surface area contributed by atoms with Crippen molar-refractivity contribution in [1.82, 2.24) is 10.2 Å². The van der Waals surface area contributed by atoms with Gasteiger partial charge in [-0.25, -0.2) is 0 Å². The van der Waals surface area contributed by atoms with Crippen LogP contribution in [0.3, 0.4) is 0 Å². The first-order valence-corrected chi connectivity index (χ1v) is 8.00. The number of nitrogens with zero attached hydrogens (tertiary/aromatic N) is 1. The number of likely N-dealkylation sites (tertiary alicyclic amines) is 1. The Bertz CT molecular complexity index is 539. The zero-order valence-corrected chi connectivity index (χ0v) is 13.5. The minimum atomic E-state index is -0.277. The van der Waals surface area contributed by atoms with Gasteiger partial charge in [0.25, 0.3) is 11.8 Å². The third-order valence-electron chi connectivity index (χ3n) is 3.99. The van der Waals surface area contributed by atoms with Gasteiger partial charge >= 0.3 is 0 Å². The van der Waals surface area contributed by atoms with E-state index >= 15 is 0 Å². The van der Waals surface area contributed by atoms with Crippen LogP contribution in [0.5, 0.6) is 5.75 Å². The number of hydrogen-bond acceptors (Lipinski definition) is 4. The number of amides is 2. The van der Waals surface area contributed by atoms with Gasteiger partial charge in [-0.15, -0.1) is 0 Å².